The molecule has 1 heterocycles. The number of carbonyl (C=O) groups is 2. The number of carbonyl (C=O) groups excluding carboxylic acids is 1. The summed E-state index contributed by atoms with van der Waals surface area (Å²) in [7, 11) is 3.18. The van der Waals surface area contributed by atoms with E-state index < -0.39 is 18.1 Å². The molecule has 1 aromatic carbocycles. The lowest BCUT2D eigenvalue weighted by atomic mass is 10.1. The number of benzene rings is 1. The molecule has 1 atom stereocenters. The number of aliphatic carboxylic acids is 1. The van der Waals surface area contributed by atoms with E-state index in [0.717, 1.165) is 5.56 Å². The molecule has 0 bridgehead atoms. The molecule has 1 unspecified atom stereocenters. The Morgan fingerprint density at radius 2 is 1.83 bits per heavy atom. The average Bonchev–Trinajstić information content (AvgIpc) is 2.71. The summed E-state index contributed by atoms with van der Waals surface area (Å²) in [6.45, 7) is 5.39. The maximum atomic E-state index is 11.8. The van der Waals surface area contributed by atoms with E-state index in [1.54, 1.807) is 38.4 Å². The topological polar surface area (TPSA) is 134 Å². The number of aromatic nitrogens is 2. The second-order valence-electron chi connectivity index (χ2n) is 6.79. The highest BCUT2D eigenvalue weighted by Crippen LogP contribution is 2.21. The Balaban J connectivity index is 2.15. The minimum Gasteiger partial charge on any atom is -0.480 e. The molecule has 0 aliphatic carbocycles. The quantitative estimate of drug-likeness (QED) is 0.561. The monoisotopic (exact) mass is 416 g/mol. The van der Waals surface area contributed by atoms with Gasteiger partial charge >= 0.3 is 12.1 Å². The molecule has 0 saturated heterocycles. The van der Waals surface area contributed by atoms with Gasteiger partial charge in [0, 0.05) is 33.6 Å². The first-order valence-corrected chi connectivity index (χ1v) is 9.60. The number of nitrogen functional groups attached to an aromatic ring is 1. The standard InChI is InChI=1S/C20H28N6O4/c1-5-26(6-2)19-22-12-15(21)17(24-19)23-16(18(27)28)11-13-7-9-14(10-8-13)30-20(29)25(3)4/h7-10,12,16H,5-6,11,21H2,1-4H3,(H,27,28)(H,22,23,24). The molecule has 10 nitrogen and oxygen atoms in total. The Morgan fingerprint density at radius 1 is 1.20 bits per heavy atom. The largest absolute Gasteiger partial charge is 0.480 e. The number of carboxylic acid groups (broad SMARTS) is 1. The number of nitrogens with two attached hydrogens (primary N) is 1. The van der Waals surface area contributed by atoms with Crippen LogP contribution in [0.4, 0.5) is 22.2 Å². The molecule has 2 rings (SSSR count). The van der Waals surface area contributed by atoms with E-state index in [9.17, 15) is 14.7 Å². The average molecular weight is 416 g/mol. The SMILES string of the molecule is CCN(CC)c1ncc(N)c(NC(Cc2ccc(OC(=O)N(C)C)cc2)C(=O)O)n1. The van der Waals surface area contributed by atoms with Crippen molar-refractivity contribution >= 4 is 29.5 Å². The number of nitrogens with zero attached hydrogens (tertiary/aromatic N) is 4. The van der Waals surface area contributed by atoms with Crippen LogP contribution >= 0.6 is 0 Å². The van der Waals surface area contributed by atoms with E-state index >= 15 is 0 Å². The van der Waals surface area contributed by atoms with Crippen LogP contribution in [0.15, 0.2) is 30.5 Å². The van der Waals surface area contributed by atoms with Gasteiger partial charge in [-0.3, -0.25) is 0 Å². The molecule has 1 amide bonds. The van der Waals surface area contributed by atoms with Gasteiger partial charge in [0.05, 0.1) is 11.9 Å². The molecule has 2 aromatic rings. The van der Waals surface area contributed by atoms with Gasteiger partial charge < -0.3 is 30.7 Å². The number of hydrogen-bond acceptors (Lipinski definition) is 8. The fourth-order valence-corrected chi connectivity index (χ4v) is 2.64. The predicted octanol–water partition coefficient (Wildman–Crippen LogP) is 2.07. The number of nitrogens with one attached hydrogen (secondary N) is 1. The summed E-state index contributed by atoms with van der Waals surface area (Å²) in [5, 5.41) is 12.6. The number of rotatable bonds is 9. The molecule has 0 fully saturated rings. The van der Waals surface area contributed by atoms with Gasteiger partial charge in [-0.25, -0.2) is 14.6 Å². The zero-order chi connectivity index (χ0) is 22.3. The maximum Gasteiger partial charge on any atom is 0.414 e. The van der Waals surface area contributed by atoms with Gasteiger partial charge in [-0.2, -0.15) is 4.98 Å². The van der Waals surface area contributed by atoms with Crippen molar-refractivity contribution in [1.29, 1.82) is 0 Å². The van der Waals surface area contributed by atoms with Crippen LogP contribution in [0.3, 0.4) is 0 Å². The summed E-state index contributed by atoms with van der Waals surface area (Å²) in [6.07, 6.45) is 1.16. The Labute approximate surface area is 175 Å². The predicted molar refractivity (Wildman–Crippen MR) is 115 cm³/mol. The fraction of sp³-hybridized carbons (Fsp3) is 0.400. The second kappa shape index (κ2) is 10.3. The molecule has 10 heteroatoms. The summed E-state index contributed by atoms with van der Waals surface area (Å²) in [4.78, 5) is 35.3. The summed E-state index contributed by atoms with van der Waals surface area (Å²) in [6, 6.07) is 5.70. The van der Waals surface area contributed by atoms with Crippen molar-refractivity contribution in [2.24, 2.45) is 0 Å². The van der Waals surface area contributed by atoms with Gasteiger partial charge in [0.2, 0.25) is 5.95 Å². The molecule has 0 radical (unpaired) electrons. The van der Waals surface area contributed by atoms with Crippen molar-refractivity contribution < 1.29 is 19.4 Å². The summed E-state index contributed by atoms with van der Waals surface area (Å²) in [5.74, 6) is 0.0884. The van der Waals surface area contributed by atoms with Crippen molar-refractivity contribution in [1.82, 2.24) is 14.9 Å². The van der Waals surface area contributed by atoms with Gasteiger partial charge in [-0.1, -0.05) is 12.1 Å². The number of carboxylic acids is 1. The smallest absolute Gasteiger partial charge is 0.414 e. The van der Waals surface area contributed by atoms with Crippen LogP contribution in [0.1, 0.15) is 19.4 Å². The molecular weight excluding hydrogens is 388 g/mol. The molecule has 0 spiro atoms. The van der Waals surface area contributed by atoms with Gasteiger partial charge in [-0.05, 0) is 31.5 Å². The van der Waals surface area contributed by atoms with E-state index in [0.29, 0.717) is 24.8 Å². The first-order valence-electron chi connectivity index (χ1n) is 9.60. The fourth-order valence-electron chi connectivity index (χ4n) is 2.64. The molecular formula is C20H28N6O4. The summed E-state index contributed by atoms with van der Waals surface area (Å²) >= 11 is 0. The van der Waals surface area contributed by atoms with Crippen LogP contribution in [0.2, 0.25) is 0 Å². The zero-order valence-electron chi connectivity index (χ0n) is 17.6. The third-order valence-electron chi connectivity index (χ3n) is 4.39. The van der Waals surface area contributed by atoms with E-state index in [1.165, 1.54) is 11.1 Å². The van der Waals surface area contributed by atoms with E-state index in [1.807, 2.05) is 18.7 Å². The Bertz CT molecular complexity index is 868. The Hall–Kier alpha value is -3.56. The van der Waals surface area contributed by atoms with E-state index in [-0.39, 0.29) is 17.9 Å². The molecule has 0 aliphatic heterocycles. The Kier molecular flexibility index (Phi) is 7.79. The highest BCUT2D eigenvalue weighted by Gasteiger charge is 2.21. The van der Waals surface area contributed by atoms with Gasteiger partial charge in [-0.15, -0.1) is 0 Å². The van der Waals surface area contributed by atoms with Gasteiger partial charge in [0.15, 0.2) is 5.82 Å². The highest BCUT2D eigenvalue weighted by atomic mass is 16.6. The highest BCUT2D eigenvalue weighted by molar-refractivity contribution is 5.79. The van der Waals surface area contributed by atoms with Crippen molar-refractivity contribution in [2.75, 3.05) is 43.1 Å². The number of ether oxygens (including phenoxy) is 1. The first kappa shape index (κ1) is 22.7. The lowest BCUT2D eigenvalue weighted by Crippen LogP contribution is -2.33. The summed E-state index contributed by atoms with van der Waals surface area (Å²) < 4.78 is 5.17. The number of anilines is 3. The first-order chi connectivity index (χ1) is 14.2. The van der Waals surface area contributed by atoms with Gasteiger partial charge in [0.25, 0.3) is 0 Å². The zero-order valence-corrected chi connectivity index (χ0v) is 17.6. The van der Waals surface area contributed by atoms with Crippen LogP contribution in [0, 0.1) is 0 Å². The van der Waals surface area contributed by atoms with Crippen LogP contribution in [-0.4, -0.2) is 65.3 Å². The molecule has 0 saturated carbocycles. The third kappa shape index (κ3) is 5.97. The lowest BCUT2D eigenvalue weighted by molar-refractivity contribution is -0.137. The minimum absolute atomic E-state index is 0.182. The molecule has 4 N–H and O–H groups in total. The molecule has 30 heavy (non-hydrogen) atoms. The van der Waals surface area contributed by atoms with E-state index in [4.69, 9.17) is 10.5 Å². The van der Waals surface area contributed by atoms with Crippen molar-refractivity contribution in [3.05, 3.63) is 36.0 Å². The van der Waals surface area contributed by atoms with Crippen molar-refractivity contribution in [3.63, 3.8) is 0 Å². The normalized spacial score (nSPS) is 11.5. The van der Waals surface area contributed by atoms with Crippen molar-refractivity contribution in [3.8, 4) is 5.75 Å². The second-order valence-corrected chi connectivity index (χ2v) is 6.79. The molecule has 1 aromatic heterocycles. The lowest BCUT2D eigenvalue weighted by Gasteiger charge is -2.21. The maximum absolute atomic E-state index is 11.8. The minimum atomic E-state index is -1.04. The van der Waals surface area contributed by atoms with Crippen LogP contribution in [-0.2, 0) is 11.2 Å². The number of hydrogen-bond donors (Lipinski definition) is 3. The third-order valence-corrected chi connectivity index (χ3v) is 4.39. The van der Waals surface area contributed by atoms with Gasteiger partial charge in [0.1, 0.15) is 11.8 Å². The van der Waals surface area contributed by atoms with Crippen LogP contribution in [0.25, 0.3) is 0 Å². The van der Waals surface area contributed by atoms with E-state index in [2.05, 4.69) is 15.3 Å². The Morgan fingerprint density at radius 3 is 2.37 bits per heavy atom. The van der Waals surface area contributed by atoms with Crippen molar-refractivity contribution in [2.45, 2.75) is 26.3 Å². The van der Waals surface area contributed by atoms with Crippen LogP contribution < -0.4 is 20.7 Å². The number of amides is 1. The molecule has 162 valence electrons. The summed E-state index contributed by atoms with van der Waals surface area (Å²) in [5.41, 5.74) is 6.97. The van der Waals surface area contributed by atoms with Crippen LogP contribution in [0.5, 0.6) is 5.75 Å². The molecule has 0 aliphatic rings.